The Morgan fingerprint density at radius 2 is 1.82 bits per heavy atom. The Hall–Kier alpha value is -2.81. The van der Waals surface area contributed by atoms with Gasteiger partial charge in [-0.3, -0.25) is 9.59 Å². The standard InChI is InChI=1S/C19H26N6O2S/c1-4-7-16(26)21-19-24-23-18(28-19)12-17(27)22-20-13-14-8-10-15(11-9-14)25(5-2)6-3/h8-11,13H,4-7,12H2,1-3H3,(H,22,27)(H,21,24,26)/b20-13-. The quantitative estimate of drug-likeness (QED) is 0.470. The molecule has 2 amide bonds. The van der Waals surface area contributed by atoms with Crippen LogP contribution in [-0.2, 0) is 16.0 Å². The van der Waals surface area contributed by atoms with Crippen LogP contribution in [0.1, 0.15) is 44.2 Å². The number of aromatic nitrogens is 2. The molecule has 2 rings (SSSR count). The minimum Gasteiger partial charge on any atom is -0.372 e. The highest BCUT2D eigenvalue weighted by atomic mass is 32.1. The summed E-state index contributed by atoms with van der Waals surface area (Å²) in [7, 11) is 0. The van der Waals surface area contributed by atoms with E-state index in [0.29, 0.717) is 16.6 Å². The molecule has 0 aliphatic rings. The predicted octanol–water partition coefficient (Wildman–Crippen LogP) is 2.82. The second kappa shape index (κ2) is 11.1. The fourth-order valence-corrected chi connectivity index (χ4v) is 3.25. The van der Waals surface area contributed by atoms with Crippen LogP contribution in [0, 0.1) is 0 Å². The molecule has 0 atom stereocenters. The first-order chi connectivity index (χ1) is 13.5. The lowest BCUT2D eigenvalue weighted by Crippen LogP contribution is -2.21. The van der Waals surface area contributed by atoms with Gasteiger partial charge in [0.25, 0.3) is 0 Å². The molecule has 0 aliphatic heterocycles. The van der Waals surface area contributed by atoms with Crippen molar-refractivity contribution in [3.8, 4) is 0 Å². The number of amides is 2. The summed E-state index contributed by atoms with van der Waals surface area (Å²) in [5, 5.41) is 15.3. The third kappa shape index (κ3) is 6.73. The predicted molar refractivity (Wildman–Crippen MR) is 113 cm³/mol. The average molecular weight is 403 g/mol. The SMILES string of the molecule is CCCC(=O)Nc1nnc(CC(=O)N/N=C\c2ccc(N(CC)CC)cc2)s1. The monoisotopic (exact) mass is 402 g/mol. The molecule has 0 bridgehead atoms. The van der Waals surface area contributed by atoms with Gasteiger partial charge >= 0.3 is 0 Å². The zero-order valence-corrected chi connectivity index (χ0v) is 17.3. The fraction of sp³-hybridized carbons (Fsp3) is 0.421. The Balaban J connectivity index is 1.82. The van der Waals surface area contributed by atoms with Crippen LogP contribution in [0.25, 0.3) is 0 Å². The molecular formula is C19H26N6O2S. The summed E-state index contributed by atoms with van der Waals surface area (Å²) in [4.78, 5) is 25.8. The van der Waals surface area contributed by atoms with Gasteiger partial charge in [0, 0.05) is 25.2 Å². The number of rotatable bonds is 10. The number of carbonyl (C=O) groups is 2. The fourth-order valence-electron chi connectivity index (χ4n) is 2.50. The molecule has 1 aromatic carbocycles. The van der Waals surface area contributed by atoms with Gasteiger partial charge in [-0.05, 0) is 38.0 Å². The van der Waals surface area contributed by atoms with Crippen LogP contribution in [-0.4, -0.2) is 41.3 Å². The second-order valence-electron chi connectivity index (χ2n) is 6.03. The van der Waals surface area contributed by atoms with Crippen LogP contribution in [0.2, 0.25) is 0 Å². The Kier molecular flexibility index (Phi) is 8.54. The number of hydrogen-bond donors (Lipinski definition) is 2. The Morgan fingerprint density at radius 3 is 2.46 bits per heavy atom. The molecule has 8 nitrogen and oxygen atoms in total. The first-order valence-corrected chi connectivity index (χ1v) is 10.2. The first kappa shape index (κ1) is 21.5. The van der Waals surface area contributed by atoms with Crippen molar-refractivity contribution in [2.24, 2.45) is 5.10 Å². The molecule has 9 heteroatoms. The Labute approximate surface area is 169 Å². The highest BCUT2D eigenvalue weighted by Crippen LogP contribution is 2.16. The van der Waals surface area contributed by atoms with E-state index in [9.17, 15) is 9.59 Å². The molecular weight excluding hydrogens is 376 g/mol. The van der Waals surface area contributed by atoms with E-state index >= 15 is 0 Å². The molecule has 2 aromatic rings. The number of benzene rings is 1. The molecule has 0 aliphatic carbocycles. The van der Waals surface area contributed by atoms with Crippen LogP contribution >= 0.6 is 11.3 Å². The first-order valence-electron chi connectivity index (χ1n) is 9.34. The van der Waals surface area contributed by atoms with E-state index in [1.165, 1.54) is 11.3 Å². The summed E-state index contributed by atoms with van der Waals surface area (Å²) in [6.07, 6.45) is 2.84. The third-order valence-corrected chi connectivity index (χ3v) is 4.77. The Morgan fingerprint density at radius 1 is 1.11 bits per heavy atom. The molecule has 0 spiro atoms. The van der Waals surface area contributed by atoms with E-state index in [1.54, 1.807) is 6.21 Å². The highest BCUT2D eigenvalue weighted by molar-refractivity contribution is 7.15. The summed E-state index contributed by atoms with van der Waals surface area (Å²) in [6.45, 7) is 8.07. The number of nitrogens with zero attached hydrogens (tertiary/aromatic N) is 4. The second-order valence-corrected chi connectivity index (χ2v) is 7.09. The van der Waals surface area contributed by atoms with Crippen molar-refractivity contribution in [3.05, 3.63) is 34.8 Å². The van der Waals surface area contributed by atoms with Gasteiger partial charge in [-0.2, -0.15) is 5.10 Å². The van der Waals surface area contributed by atoms with Gasteiger partial charge in [0.2, 0.25) is 16.9 Å². The largest absolute Gasteiger partial charge is 0.372 e. The third-order valence-electron chi connectivity index (χ3n) is 3.93. The smallest absolute Gasteiger partial charge is 0.247 e. The van der Waals surface area contributed by atoms with Crippen LogP contribution in [0.5, 0.6) is 0 Å². The van der Waals surface area contributed by atoms with Crippen molar-refractivity contribution < 1.29 is 9.59 Å². The normalized spacial score (nSPS) is 10.8. The van der Waals surface area contributed by atoms with Crippen LogP contribution < -0.4 is 15.6 Å². The molecule has 0 fully saturated rings. The van der Waals surface area contributed by atoms with Crippen molar-refractivity contribution in [1.29, 1.82) is 0 Å². The lowest BCUT2D eigenvalue weighted by atomic mass is 10.2. The van der Waals surface area contributed by atoms with Crippen molar-refractivity contribution in [3.63, 3.8) is 0 Å². The van der Waals surface area contributed by atoms with Gasteiger partial charge in [0.1, 0.15) is 5.01 Å². The molecule has 0 saturated heterocycles. The van der Waals surface area contributed by atoms with Crippen LogP contribution in [0.15, 0.2) is 29.4 Å². The molecule has 1 aromatic heterocycles. The van der Waals surface area contributed by atoms with Gasteiger partial charge in [-0.1, -0.05) is 30.4 Å². The Bertz CT molecular complexity index is 799. The highest BCUT2D eigenvalue weighted by Gasteiger charge is 2.10. The zero-order chi connectivity index (χ0) is 20.4. The number of hydrogen-bond acceptors (Lipinski definition) is 7. The van der Waals surface area contributed by atoms with Crippen molar-refractivity contribution >= 4 is 40.2 Å². The maximum absolute atomic E-state index is 12.0. The van der Waals surface area contributed by atoms with Crippen LogP contribution in [0.4, 0.5) is 10.8 Å². The van der Waals surface area contributed by atoms with E-state index in [2.05, 4.69) is 44.8 Å². The summed E-state index contributed by atoms with van der Waals surface area (Å²) in [5.41, 5.74) is 4.53. The molecule has 2 N–H and O–H groups in total. The molecule has 0 unspecified atom stereocenters. The van der Waals surface area contributed by atoms with Gasteiger partial charge in [0.15, 0.2) is 0 Å². The lowest BCUT2D eigenvalue weighted by molar-refractivity contribution is -0.120. The maximum Gasteiger partial charge on any atom is 0.247 e. The zero-order valence-electron chi connectivity index (χ0n) is 16.4. The molecule has 28 heavy (non-hydrogen) atoms. The van der Waals surface area contributed by atoms with Crippen molar-refractivity contribution in [2.75, 3.05) is 23.3 Å². The van der Waals surface area contributed by atoms with Crippen molar-refractivity contribution in [1.82, 2.24) is 15.6 Å². The van der Waals surface area contributed by atoms with Gasteiger partial charge < -0.3 is 10.2 Å². The van der Waals surface area contributed by atoms with E-state index < -0.39 is 0 Å². The molecule has 150 valence electrons. The summed E-state index contributed by atoms with van der Waals surface area (Å²) >= 11 is 1.18. The van der Waals surface area contributed by atoms with Gasteiger partial charge in [-0.15, -0.1) is 10.2 Å². The van der Waals surface area contributed by atoms with E-state index in [0.717, 1.165) is 30.8 Å². The number of hydrazone groups is 1. The van der Waals surface area contributed by atoms with Gasteiger partial charge in [-0.25, -0.2) is 5.43 Å². The summed E-state index contributed by atoms with van der Waals surface area (Å²) in [5.74, 6) is -0.398. The number of anilines is 2. The minimum absolute atomic E-state index is 0.0551. The molecule has 1 heterocycles. The van der Waals surface area contributed by atoms with E-state index in [4.69, 9.17) is 0 Å². The minimum atomic E-state index is -0.293. The van der Waals surface area contributed by atoms with Crippen LogP contribution in [0.3, 0.4) is 0 Å². The maximum atomic E-state index is 12.0. The van der Waals surface area contributed by atoms with Crippen molar-refractivity contribution in [2.45, 2.75) is 40.0 Å². The lowest BCUT2D eigenvalue weighted by Gasteiger charge is -2.20. The molecule has 0 saturated carbocycles. The summed E-state index contributed by atoms with van der Waals surface area (Å²) in [6, 6.07) is 7.98. The number of carbonyl (C=O) groups excluding carboxylic acids is 2. The molecule has 0 radical (unpaired) electrons. The topological polar surface area (TPSA) is 99.6 Å². The summed E-state index contributed by atoms with van der Waals surface area (Å²) < 4.78 is 0. The van der Waals surface area contributed by atoms with Gasteiger partial charge in [0.05, 0.1) is 12.6 Å². The average Bonchev–Trinajstić information content (AvgIpc) is 3.10. The number of nitrogens with one attached hydrogen (secondary N) is 2. The van der Waals surface area contributed by atoms with E-state index in [-0.39, 0.29) is 18.2 Å². The van der Waals surface area contributed by atoms with E-state index in [1.807, 2.05) is 31.2 Å².